The van der Waals surface area contributed by atoms with E-state index in [0.717, 1.165) is 6.07 Å². The molecule has 4 rings (SSSR count). The number of carbonyl (C=O) groups excluding carboxylic acids is 1. The summed E-state index contributed by atoms with van der Waals surface area (Å²) in [5.41, 5.74) is -0.292. The highest BCUT2D eigenvalue weighted by atomic mass is 19.4. The summed E-state index contributed by atoms with van der Waals surface area (Å²) in [4.78, 5) is 16.6. The predicted molar refractivity (Wildman–Crippen MR) is 103 cm³/mol. The molecule has 0 unspecified atom stereocenters. The number of anilines is 1. The van der Waals surface area contributed by atoms with Crippen molar-refractivity contribution in [1.82, 2.24) is 14.8 Å². The second-order valence-corrected chi connectivity index (χ2v) is 6.59. The molecule has 0 radical (unpaired) electrons. The van der Waals surface area contributed by atoms with Gasteiger partial charge in [0.25, 0.3) is 5.91 Å². The lowest BCUT2D eigenvalue weighted by Gasteiger charge is -2.15. The van der Waals surface area contributed by atoms with Crippen molar-refractivity contribution in [2.75, 3.05) is 5.32 Å². The average molecular weight is 414 g/mol. The molecule has 5 nitrogen and oxygen atoms in total. The number of halogens is 4. The number of hydrogen-bond donors (Lipinski definition) is 1. The Kier molecular flexibility index (Phi) is 4.73. The van der Waals surface area contributed by atoms with Gasteiger partial charge in [-0.3, -0.25) is 9.48 Å². The Hall–Kier alpha value is -3.75. The van der Waals surface area contributed by atoms with Gasteiger partial charge >= 0.3 is 6.18 Å². The molecule has 1 amide bonds. The molecule has 0 saturated heterocycles. The van der Waals surface area contributed by atoms with Gasteiger partial charge in [0.2, 0.25) is 0 Å². The summed E-state index contributed by atoms with van der Waals surface area (Å²) in [5, 5.41) is 6.67. The summed E-state index contributed by atoms with van der Waals surface area (Å²) in [6.45, 7) is 0. The van der Waals surface area contributed by atoms with Crippen LogP contribution in [0.2, 0.25) is 0 Å². The van der Waals surface area contributed by atoms with Gasteiger partial charge in [0, 0.05) is 24.2 Å². The molecule has 9 heteroatoms. The average Bonchev–Trinajstić information content (AvgIpc) is 3.13. The highest BCUT2D eigenvalue weighted by molar-refractivity contribution is 6.03. The Morgan fingerprint density at radius 1 is 1.03 bits per heavy atom. The van der Waals surface area contributed by atoms with Crippen molar-refractivity contribution in [2.24, 2.45) is 7.05 Å². The van der Waals surface area contributed by atoms with Crippen molar-refractivity contribution in [3.05, 3.63) is 77.9 Å². The minimum atomic E-state index is -4.70. The zero-order chi connectivity index (χ0) is 21.5. The minimum Gasteiger partial charge on any atom is -0.320 e. The molecule has 2 heterocycles. The van der Waals surface area contributed by atoms with Crippen molar-refractivity contribution < 1.29 is 22.4 Å². The van der Waals surface area contributed by atoms with Crippen LogP contribution in [0, 0.1) is 5.82 Å². The fraction of sp³-hybridized carbons (Fsp3) is 0.0952. The molecule has 2 aromatic heterocycles. The van der Waals surface area contributed by atoms with Gasteiger partial charge in [-0.15, -0.1) is 0 Å². The van der Waals surface area contributed by atoms with Crippen LogP contribution < -0.4 is 5.32 Å². The van der Waals surface area contributed by atoms with E-state index in [1.54, 1.807) is 6.07 Å². The molecular formula is C21H14F4N4O. The third-order valence-electron chi connectivity index (χ3n) is 4.57. The summed E-state index contributed by atoms with van der Waals surface area (Å²) in [5.74, 6) is -1.14. The number of carbonyl (C=O) groups is 1. The predicted octanol–water partition coefficient (Wildman–Crippen LogP) is 5.05. The lowest BCUT2D eigenvalue weighted by atomic mass is 10.0. The number of alkyl halides is 3. The van der Waals surface area contributed by atoms with Gasteiger partial charge in [-0.05, 0) is 42.5 Å². The third kappa shape index (κ3) is 3.73. The van der Waals surface area contributed by atoms with Crippen LogP contribution in [0.15, 0.2) is 60.8 Å². The summed E-state index contributed by atoms with van der Waals surface area (Å²) in [6, 6.07) is 12.0. The van der Waals surface area contributed by atoms with E-state index in [2.05, 4.69) is 15.4 Å². The Bertz CT molecular complexity index is 1260. The summed E-state index contributed by atoms with van der Waals surface area (Å²) in [6.07, 6.45) is -3.33. The van der Waals surface area contributed by atoms with Crippen LogP contribution in [0.3, 0.4) is 0 Å². The van der Waals surface area contributed by atoms with Crippen molar-refractivity contribution in [2.45, 2.75) is 6.18 Å². The lowest BCUT2D eigenvalue weighted by Crippen LogP contribution is -2.19. The van der Waals surface area contributed by atoms with Crippen LogP contribution in [0.4, 0.5) is 23.2 Å². The molecule has 0 atom stereocenters. The van der Waals surface area contributed by atoms with E-state index in [4.69, 9.17) is 0 Å². The smallest absolute Gasteiger partial charge is 0.320 e. The van der Waals surface area contributed by atoms with E-state index < -0.39 is 23.5 Å². The molecule has 0 spiro atoms. The normalized spacial score (nSPS) is 11.6. The molecule has 0 bridgehead atoms. The van der Waals surface area contributed by atoms with Gasteiger partial charge in [-0.1, -0.05) is 12.1 Å². The number of aryl methyl sites for hydroxylation is 1. The van der Waals surface area contributed by atoms with Gasteiger partial charge in [-0.25, -0.2) is 9.37 Å². The number of pyridine rings is 1. The first-order valence-electron chi connectivity index (χ1n) is 8.80. The second kappa shape index (κ2) is 7.25. The number of hydrogen-bond acceptors (Lipinski definition) is 3. The van der Waals surface area contributed by atoms with Gasteiger partial charge in [0.05, 0.1) is 22.5 Å². The van der Waals surface area contributed by atoms with Crippen LogP contribution in [0.5, 0.6) is 0 Å². The maximum absolute atomic E-state index is 13.7. The molecule has 0 fully saturated rings. The van der Waals surface area contributed by atoms with Crippen molar-refractivity contribution >= 4 is 22.5 Å². The van der Waals surface area contributed by atoms with Crippen LogP contribution in [0.1, 0.15) is 16.1 Å². The lowest BCUT2D eigenvalue weighted by molar-refractivity contribution is -0.136. The van der Waals surface area contributed by atoms with Crippen molar-refractivity contribution in [1.29, 1.82) is 0 Å². The second-order valence-electron chi connectivity index (χ2n) is 6.59. The zero-order valence-corrected chi connectivity index (χ0v) is 15.5. The molecule has 30 heavy (non-hydrogen) atoms. The van der Waals surface area contributed by atoms with Gasteiger partial charge in [0.15, 0.2) is 0 Å². The minimum absolute atomic E-state index is 0.121. The quantitative estimate of drug-likeness (QED) is 0.478. The molecular weight excluding hydrogens is 400 g/mol. The number of aromatic nitrogens is 3. The fourth-order valence-corrected chi connectivity index (χ4v) is 3.09. The van der Waals surface area contributed by atoms with Crippen molar-refractivity contribution in [3.8, 4) is 11.3 Å². The van der Waals surface area contributed by atoms with E-state index >= 15 is 0 Å². The van der Waals surface area contributed by atoms with Gasteiger partial charge in [0.1, 0.15) is 11.5 Å². The standard InChI is InChI=1S/C21H14F4N4O/c1-29-19(8-9-26-29)20(30)28-18-6-3-13(11-15(18)21(23,24)25)16-5-2-12-10-14(22)4-7-17(12)27-16/h2-11H,1H3,(H,28,30). The van der Waals surface area contributed by atoms with Crippen LogP contribution in [0.25, 0.3) is 22.2 Å². The largest absolute Gasteiger partial charge is 0.418 e. The Balaban J connectivity index is 1.74. The van der Waals surface area contributed by atoms with Crippen LogP contribution in [-0.2, 0) is 13.2 Å². The van der Waals surface area contributed by atoms with E-state index in [1.807, 2.05) is 0 Å². The number of nitrogens with one attached hydrogen (secondary N) is 1. The fourth-order valence-electron chi connectivity index (χ4n) is 3.09. The number of benzene rings is 2. The molecule has 0 saturated carbocycles. The Labute approximate surface area is 168 Å². The van der Waals surface area contributed by atoms with Crippen molar-refractivity contribution in [3.63, 3.8) is 0 Å². The monoisotopic (exact) mass is 414 g/mol. The summed E-state index contributed by atoms with van der Waals surface area (Å²) < 4.78 is 55.6. The van der Waals surface area contributed by atoms with Crippen LogP contribution in [-0.4, -0.2) is 20.7 Å². The van der Waals surface area contributed by atoms with Gasteiger partial charge < -0.3 is 5.32 Å². The zero-order valence-electron chi connectivity index (χ0n) is 15.5. The number of rotatable bonds is 3. The van der Waals surface area contributed by atoms with E-state index in [0.29, 0.717) is 16.6 Å². The maximum Gasteiger partial charge on any atom is 0.418 e. The maximum atomic E-state index is 13.7. The molecule has 1 N–H and O–H groups in total. The first kappa shape index (κ1) is 19.6. The molecule has 0 aliphatic heterocycles. The molecule has 152 valence electrons. The topological polar surface area (TPSA) is 59.8 Å². The van der Waals surface area contributed by atoms with E-state index in [9.17, 15) is 22.4 Å². The number of nitrogens with zero attached hydrogens (tertiary/aromatic N) is 3. The molecule has 2 aromatic carbocycles. The van der Waals surface area contributed by atoms with E-state index in [-0.39, 0.29) is 16.9 Å². The summed E-state index contributed by atoms with van der Waals surface area (Å²) >= 11 is 0. The Morgan fingerprint density at radius 3 is 2.53 bits per heavy atom. The van der Waals surface area contributed by atoms with Crippen LogP contribution >= 0.6 is 0 Å². The van der Waals surface area contributed by atoms with E-state index in [1.165, 1.54) is 60.4 Å². The van der Waals surface area contributed by atoms with Gasteiger partial charge in [-0.2, -0.15) is 18.3 Å². The number of fused-ring (bicyclic) bond motifs is 1. The Morgan fingerprint density at radius 2 is 1.83 bits per heavy atom. The first-order chi connectivity index (χ1) is 14.2. The molecule has 4 aromatic rings. The highest BCUT2D eigenvalue weighted by Gasteiger charge is 2.34. The summed E-state index contributed by atoms with van der Waals surface area (Å²) in [7, 11) is 1.51. The molecule has 0 aliphatic carbocycles. The SMILES string of the molecule is Cn1nccc1C(=O)Nc1ccc(-c2ccc3cc(F)ccc3n2)cc1C(F)(F)F. The third-order valence-corrected chi connectivity index (χ3v) is 4.57. The highest BCUT2D eigenvalue weighted by Crippen LogP contribution is 2.37. The number of amides is 1. The first-order valence-corrected chi connectivity index (χ1v) is 8.80. The molecule has 0 aliphatic rings.